The van der Waals surface area contributed by atoms with Gasteiger partial charge in [0.15, 0.2) is 0 Å². The summed E-state index contributed by atoms with van der Waals surface area (Å²) in [6, 6.07) is 5.77. The molecular formula is C16H20N4O2S. The van der Waals surface area contributed by atoms with Gasteiger partial charge < -0.3 is 15.3 Å². The van der Waals surface area contributed by atoms with Crippen molar-refractivity contribution in [3.05, 3.63) is 40.5 Å². The summed E-state index contributed by atoms with van der Waals surface area (Å²) < 4.78 is 0. The van der Waals surface area contributed by atoms with E-state index in [1.807, 2.05) is 35.4 Å². The molecular weight excluding hydrogens is 312 g/mol. The van der Waals surface area contributed by atoms with Crippen LogP contribution in [0.4, 0.5) is 5.82 Å². The van der Waals surface area contributed by atoms with E-state index in [1.165, 1.54) is 6.33 Å². The maximum absolute atomic E-state index is 12.0. The normalized spacial score (nSPS) is 20.7. The Morgan fingerprint density at radius 3 is 3.13 bits per heavy atom. The molecule has 1 aliphatic rings. The molecule has 1 atom stereocenters. The summed E-state index contributed by atoms with van der Waals surface area (Å²) in [5.74, 6) is 0.760. The number of carbonyl (C=O) groups excluding carboxylic acids is 1. The largest absolute Gasteiger partial charge is 0.386 e. The summed E-state index contributed by atoms with van der Waals surface area (Å²) in [5.41, 5.74) is -0.0149. The number of nitrogens with one attached hydrogen (secondary N) is 1. The van der Waals surface area contributed by atoms with Crippen LogP contribution in [0.15, 0.2) is 29.9 Å². The van der Waals surface area contributed by atoms with Gasteiger partial charge in [0.05, 0.1) is 6.42 Å². The number of aryl methyl sites for hydroxylation is 1. The van der Waals surface area contributed by atoms with Gasteiger partial charge in [0, 0.05) is 36.3 Å². The van der Waals surface area contributed by atoms with Gasteiger partial charge in [0.2, 0.25) is 5.91 Å². The minimum atomic E-state index is -0.913. The molecule has 122 valence electrons. The van der Waals surface area contributed by atoms with E-state index in [0.717, 1.165) is 16.4 Å². The van der Waals surface area contributed by atoms with Crippen molar-refractivity contribution in [1.82, 2.24) is 15.3 Å². The number of amides is 1. The first-order chi connectivity index (χ1) is 11.0. The van der Waals surface area contributed by atoms with E-state index in [-0.39, 0.29) is 12.5 Å². The summed E-state index contributed by atoms with van der Waals surface area (Å²) in [6.07, 6.45) is 2.50. The number of aliphatic hydroxyl groups is 1. The molecule has 3 heterocycles. The highest BCUT2D eigenvalue weighted by atomic mass is 32.1. The number of β-amino-alcohol motifs (C(OH)–C–C–N with tert-alkyl or cyclic N) is 1. The van der Waals surface area contributed by atoms with Gasteiger partial charge in [-0.3, -0.25) is 4.79 Å². The molecule has 3 rings (SSSR count). The Hall–Kier alpha value is -1.99. The smallest absolute Gasteiger partial charge is 0.225 e. The third-order valence-electron chi connectivity index (χ3n) is 3.98. The van der Waals surface area contributed by atoms with Gasteiger partial charge in [0.1, 0.15) is 17.7 Å². The molecule has 1 aliphatic heterocycles. The van der Waals surface area contributed by atoms with E-state index in [9.17, 15) is 9.90 Å². The van der Waals surface area contributed by atoms with Crippen LogP contribution in [0, 0.1) is 6.92 Å². The van der Waals surface area contributed by atoms with Crippen molar-refractivity contribution >= 4 is 23.1 Å². The van der Waals surface area contributed by atoms with E-state index >= 15 is 0 Å². The summed E-state index contributed by atoms with van der Waals surface area (Å²) in [4.78, 5) is 23.3. The Balaban J connectivity index is 1.53. The van der Waals surface area contributed by atoms with Gasteiger partial charge in [-0.15, -0.1) is 11.3 Å². The number of anilines is 1. The van der Waals surface area contributed by atoms with Crippen LogP contribution in [-0.4, -0.2) is 46.2 Å². The van der Waals surface area contributed by atoms with E-state index < -0.39 is 5.60 Å². The van der Waals surface area contributed by atoms with Gasteiger partial charge in [-0.05, 0) is 24.8 Å². The predicted molar refractivity (Wildman–Crippen MR) is 89.6 cm³/mol. The molecule has 0 aliphatic carbocycles. The first-order valence-electron chi connectivity index (χ1n) is 7.59. The maximum atomic E-state index is 12.0. The molecule has 1 fully saturated rings. The highest BCUT2D eigenvalue weighted by molar-refractivity contribution is 7.10. The fourth-order valence-corrected chi connectivity index (χ4v) is 3.41. The van der Waals surface area contributed by atoms with Gasteiger partial charge >= 0.3 is 0 Å². The second-order valence-corrected chi connectivity index (χ2v) is 6.98. The molecule has 1 amide bonds. The lowest BCUT2D eigenvalue weighted by atomic mass is 10.0. The SMILES string of the molecule is Cc1cc(N2CCC(O)(CNC(=O)Cc3cccs3)C2)ncn1. The second kappa shape index (κ2) is 6.64. The monoisotopic (exact) mass is 332 g/mol. The molecule has 2 N–H and O–H groups in total. The number of hydrogen-bond acceptors (Lipinski definition) is 6. The van der Waals surface area contributed by atoms with Gasteiger partial charge in [-0.2, -0.15) is 0 Å². The number of rotatable bonds is 5. The van der Waals surface area contributed by atoms with E-state index in [1.54, 1.807) is 11.3 Å². The lowest BCUT2D eigenvalue weighted by Crippen LogP contribution is -2.45. The highest BCUT2D eigenvalue weighted by Gasteiger charge is 2.37. The lowest BCUT2D eigenvalue weighted by molar-refractivity contribution is -0.121. The van der Waals surface area contributed by atoms with Gasteiger partial charge in [0.25, 0.3) is 0 Å². The molecule has 0 radical (unpaired) electrons. The van der Waals surface area contributed by atoms with Crippen LogP contribution >= 0.6 is 11.3 Å². The third kappa shape index (κ3) is 4.05. The van der Waals surface area contributed by atoms with Crippen molar-refractivity contribution in [2.24, 2.45) is 0 Å². The summed E-state index contributed by atoms with van der Waals surface area (Å²) >= 11 is 1.56. The zero-order valence-corrected chi connectivity index (χ0v) is 13.8. The van der Waals surface area contributed by atoms with Crippen molar-refractivity contribution in [3.8, 4) is 0 Å². The van der Waals surface area contributed by atoms with E-state index in [4.69, 9.17) is 0 Å². The van der Waals surface area contributed by atoms with Crippen LogP contribution < -0.4 is 10.2 Å². The Morgan fingerprint density at radius 2 is 2.39 bits per heavy atom. The minimum Gasteiger partial charge on any atom is -0.386 e. The molecule has 1 saturated heterocycles. The second-order valence-electron chi connectivity index (χ2n) is 5.95. The Morgan fingerprint density at radius 1 is 1.52 bits per heavy atom. The fraction of sp³-hybridized carbons (Fsp3) is 0.438. The number of aromatic nitrogens is 2. The number of carbonyl (C=O) groups is 1. The number of nitrogens with zero attached hydrogens (tertiary/aromatic N) is 3. The van der Waals surface area contributed by atoms with Gasteiger partial charge in [-0.25, -0.2) is 9.97 Å². The third-order valence-corrected chi connectivity index (χ3v) is 4.85. The van der Waals surface area contributed by atoms with Crippen LogP contribution in [-0.2, 0) is 11.2 Å². The van der Waals surface area contributed by atoms with E-state index in [2.05, 4.69) is 15.3 Å². The van der Waals surface area contributed by atoms with Crippen LogP contribution in [0.25, 0.3) is 0 Å². The van der Waals surface area contributed by atoms with Crippen LogP contribution in [0.2, 0.25) is 0 Å². The predicted octanol–water partition coefficient (Wildman–Crippen LogP) is 1.15. The zero-order chi connectivity index (χ0) is 16.3. The molecule has 23 heavy (non-hydrogen) atoms. The number of hydrogen-bond donors (Lipinski definition) is 2. The Kier molecular flexibility index (Phi) is 4.58. The van der Waals surface area contributed by atoms with Gasteiger partial charge in [-0.1, -0.05) is 6.07 Å². The lowest BCUT2D eigenvalue weighted by Gasteiger charge is -2.24. The van der Waals surface area contributed by atoms with Crippen molar-refractivity contribution in [1.29, 1.82) is 0 Å². The van der Waals surface area contributed by atoms with Crippen LogP contribution in [0.1, 0.15) is 17.0 Å². The molecule has 2 aromatic rings. The molecule has 0 spiro atoms. The molecule has 1 unspecified atom stereocenters. The topological polar surface area (TPSA) is 78.4 Å². The summed E-state index contributed by atoms with van der Waals surface area (Å²) in [6.45, 7) is 3.35. The van der Waals surface area contributed by atoms with Crippen molar-refractivity contribution in [2.45, 2.75) is 25.4 Å². The van der Waals surface area contributed by atoms with Crippen molar-refractivity contribution in [3.63, 3.8) is 0 Å². The summed E-state index contributed by atoms with van der Waals surface area (Å²) in [7, 11) is 0. The quantitative estimate of drug-likeness (QED) is 0.859. The molecule has 0 bridgehead atoms. The first kappa shape index (κ1) is 15.9. The Labute approximate surface area is 139 Å². The molecule has 2 aromatic heterocycles. The fourth-order valence-electron chi connectivity index (χ4n) is 2.71. The molecule has 6 nitrogen and oxygen atoms in total. The Bertz CT molecular complexity index is 676. The van der Waals surface area contributed by atoms with Crippen molar-refractivity contribution in [2.75, 3.05) is 24.5 Å². The average Bonchev–Trinajstić information content (AvgIpc) is 3.16. The molecule has 0 aromatic carbocycles. The average molecular weight is 332 g/mol. The van der Waals surface area contributed by atoms with Crippen LogP contribution in [0.5, 0.6) is 0 Å². The number of thiophene rings is 1. The van der Waals surface area contributed by atoms with E-state index in [0.29, 0.717) is 25.9 Å². The van der Waals surface area contributed by atoms with Crippen LogP contribution in [0.3, 0.4) is 0 Å². The molecule has 7 heteroatoms. The first-order valence-corrected chi connectivity index (χ1v) is 8.47. The zero-order valence-electron chi connectivity index (χ0n) is 13.0. The molecule has 0 saturated carbocycles. The standard InChI is InChI=1S/C16H20N4O2S/c1-12-7-14(19-11-18-12)20-5-4-16(22,10-20)9-17-15(21)8-13-3-2-6-23-13/h2-3,6-7,11,22H,4-5,8-10H2,1H3,(H,17,21). The minimum absolute atomic E-state index is 0.0581. The highest BCUT2D eigenvalue weighted by Crippen LogP contribution is 2.25. The summed E-state index contributed by atoms with van der Waals surface area (Å²) in [5, 5.41) is 15.5. The van der Waals surface area contributed by atoms with Crippen molar-refractivity contribution < 1.29 is 9.90 Å². The maximum Gasteiger partial charge on any atom is 0.225 e.